The maximum absolute atomic E-state index is 6.10. The standard InChI is InChI=1S/C15H14ClN/c1-17-14-5-3-2-4-11(14)6-7-12-8-9-13(16)10-15(12)17/h2-5,8-10H,6-7H2,1H3. The second-order valence-corrected chi connectivity index (χ2v) is 4.90. The van der Waals surface area contributed by atoms with Crippen LogP contribution in [0.1, 0.15) is 11.1 Å². The largest absolute Gasteiger partial charge is 0.344 e. The van der Waals surface area contributed by atoms with E-state index in [1.54, 1.807) is 0 Å². The van der Waals surface area contributed by atoms with Gasteiger partial charge in [-0.2, -0.15) is 0 Å². The Balaban J connectivity index is 2.18. The van der Waals surface area contributed by atoms with Gasteiger partial charge >= 0.3 is 0 Å². The van der Waals surface area contributed by atoms with Gasteiger partial charge in [-0.3, -0.25) is 0 Å². The Morgan fingerprint density at radius 2 is 1.65 bits per heavy atom. The van der Waals surface area contributed by atoms with E-state index in [2.05, 4.69) is 48.3 Å². The zero-order valence-corrected chi connectivity index (χ0v) is 10.5. The zero-order valence-electron chi connectivity index (χ0n) is 9.78. The van der Waals surface area contributed by atoms with E-state index >= 15 is 0 Å². The van der Waals surface area contributed by atoms with Gasteiger partial charge in [0, 0.05) is 23.4 Å². The molecule has 1 nitrogen and oxygen atoms in total. The predicted molar refractivity (Wildman–Crippen MR) is 73.4 cm³/mol. The van der Waals surface area contributed by atoms with Crippen LogP contribution in [0.25, 0.3) is 0 Å². The van der Waals surface area contributed by atoms with Gasteiger partial charge in [0.15, 0.2) is 0 Å². The first-order valence-corrected chi connectivity index (χ1v) is 6.23. The van der Waals surface area contributed by atoms with Gasteiger partial charge in [-0.15, -0.1) is 0 Å². The lowest BCUT2D eigenvalue weighted by Crippen LogP contribution is -2.10. The van der Waals surface area contributed by atoms with Crippen molar-refractivity contribution >= 4 is 23.0 Å². The van der Waals surface area contributed by atoms with Crippen molar-refractivity contribution < 1.29 is 0 Å². The summed E-state index contributed by atoms with van der Waals surface area (Å²) in [5.41, 5.74) is 5.28. The van der Waals surface area contributed by atoms with Gasteiger partial charge in [0.1, 0.15) is 0 Å². The van der Waals surface area contributed by atoms with Gasteiger partial charge in [0.2, 0.25) is 0 Å². The number of hydrogen-bond acceptors (Lipinski definition) is 1. The van der Waals surface area contributed by atoms with Crippen LogP contribution in [0.5, 0.6) is 0 Å². The SMILES string of the molecule is CN1c2ccccc2CCc2ccc(Cl)cc21. The van der Waals surface area contributed by atoms with E-state index in [0.717, 1.165) is 17.9 Å². The van der Waals surface area contributed by atoms with Crippen LogP contribution in [0.2, 0.25) is 5.02 Å². The molecule has 1 aliphatic rings. The Hall–Kier alpha value is -1.47. The van der Waals surface area contributed by atoms with Crippen LogP contribution < -0.4 is 4.90 Å². The minimum atomic E-state index is 0.801. The third-order valence-electron chi connectivity index (χ3n) is 3.43. The van der Waals surface area contributed by atoms with Crippen LogP contribution in [0.3, 0.4) is 0 Å². The Kier molecular flexibility index (Phi) is 2.56. The molecular weight excluding hydrogens is 230 g/mol. The second-order valence-electron chi connectivity index (χ2n) is 4.46. The summed E-state index contributed by atoms with van der Waals surface area (Å²) in [6, 6.07) is 14.7. The van der Waals surface area contributed by atoms with E-state index in [-0.39, 0.29) is 0 Å². The van der Waals surface area contributed by atoms with Crippen molar-refractivity contribution in [1.29, 1.82) is 0 Å². The third kappa shape index (κ3) is 1.81. The summed E-state index contributed by atoms with van der Waals surface area (Å²) >= 11 is 6.10. The third-order valence-corrected chi connectivity index (χ3v) is 3.66. The molecule has 0 N–H and O–H groups in total. The number of rotatable bonds is 0. The van der Waals surface area contributed by atoms with Crippen LogP contribution in [-0.4, -0.2) is 7.05 Å². The minimum absolute atomic E-state index is 0.801. The van der Waals surface area contributed by atoms with Gasteiger partial charge in [-0.1, -0.05) is 35.9 Å². The lowest BCUT2D eigenvalue weighted by atomic mass is 10.0. The molecule has 0 unspecified atom stereocenters. The molecule has 0 atom stereocenters. The second kappa shape index (κ2) is 4.08. The summed E-state index contributed by atoms with van der Waals surface area (Å²) in [5.74, 6) is 0. The molecule has 0 spiro atoms. The number of anilines is 2. The molecule has 86 valence electrons. The Morgan fingerprint density at radius 3 is 2.47 bits per heavy atom. The van der Waals surface area contributed by atoms with E-state index in [1.807, 2.05) is 6.07 Å². The number of nitrogens with zero attached hydrogens (tertiary/aromatic N) is 1. The molecule has 2 aromatic carbocycles. The predicted octanol–water partition coefficient (Wildman–Crippen LogP) is 4.21. The molecule has 0 aromatic heterocycles. The molecule has 2 heteroatoms. The topological polar surface area (TPSA) is 3.24 Å². The highest BCUT2D eigenvalue weighted by Crippen LogP contribution is 2.35. The maximum atomic E-state index is 6.10. The molecule has 0 aliphatic carbocycles. The van der Waals surface area contributed by atoms with Crippen LogP contribution in [0.4, 0.5) is 11.4 Å². The molecule has 0 bridgehead atoms. The fraction of sp³-hybridized carbons (Fsp3) is 0.200. The average Bonchev–Trinajstić information content (AvgIpc) is 2.49. The summed E-state index contributed by atoms with van der Waals surface area (Å²) in [5, 5.41) is 0.801. The van der Waals surface area contributed by atoms with Crippen molar-refractivity contribution in [3.63, 3.8) is 0 Å². The molecule has 17 heavy (non-hydrogen) atoms. The summed E-state index contributed by atoms with van der Waals surface area (Å²) in [6.45, 7) is 0. The summed E-state index contributed by atoms with van der Waals surface area (Å²) in [7, 11) is 2.11. The first kappa shape index (κ1) is 10.7. The molecule has 3 rings (SSSR count). The first-order valence-electron chi connectivity index (χ1n) is 5.86. The van der Waals surface area contributed by atoms with Gasteiger partial charge < -0.3 is 4.90 Å². The molecule has 2 aromatic rings. The smallest absolute Gasteiger partial charge is 0.0455 e. The van der Waals surface area contributed by atoms with Crippen molar-refractivity contribution in [1.82, 2.24) is 0 Å². The van der Waals surface area contributed by atoms with Gasteiger partial charge in [-0.05, 0) is 42.2 Å². The highest BCUT2D eigenvalue weighted by molar-refractivity contribution is 6.30. The number of aryl methyl sites for hydroxylation is 2. The molecule has 0 fully saturated rings. The molecule has 0 saturated heterocycles. The molecular formula is C15H14ClN. The monoisotopic (exact) mass is 243 g/mol. The summed E-state index contributed by atoms with van der Waals surface area (Å²) in [4.78, 5) is 2.24. The fourth-order valence-corrected chi connectivity index (χ4v) is 2.68. The van der Waals surface area contributed by atoms with Crippen LogP contribution in [-0.2, 0) is 12.8 Å². The van der Waals surface area contributed by atoms with Crippen molar-refractivity contribution in [2.45, 2.75) is 12.8 Å². The van der Waals surface area contributed by atoms with E-state index in [1.165, 1.54) is 22.5 Å². The van der Waals surface area contributed by atoms with Crippen molar-refractivity contribution in [2.24, 2.45) is 0 Å². The number of para-hydroxylation sites is 1. The number of halogens is 1. The molecule has 0 saturated carbocycles. The summed E-state index contributed by atoms with van der Waals surface area (Å²) in [6.07, 6.45) is 2.17. The summed E-state index contributed by atoms with van der Waals surface area (Å²) < 4.78 is 0. The average molecular weight is 244 g/mol. The normalized spacial score (nSPS) is 13.9. The van der Waals surface area contributed by atoms with Crippen molar-refractivity contribution in [2.75, 3.05) is 11.9 Å². The lowest BCUT2D eigenvalue weighted by molar-refractivity contribution is 0.977. The van der Waals surface area contributed by atoms with E-state index in [4.69, 9.17) is 11.6 Å². The molecule has 0 radical (unpaired) electrons. The van der Waals surface area contributed by atoms with Crippen LogP contribution in [0.15, 0.2) is 42.5 Å². The van der Waals surface area contributed by atoms with E-state index in [0.29, 0.717) is 0 Å². The highest BCUT2D eigenvalue weighted by Gasteiger charge is 2.17. The Labute approximate surface area is 107 Å². The van der Waals surface area contributed by atoms with Gasteiger partial charge in [-0.25, -0.2) is 0 Å². The zero-order chi connectivity index (χ0) is 11.8. The maximum Gasteiger partial charge on any atom is 0.0455 e. The quantitative estimate of drug-likeness (QED) is 0.670. The lowest BCUT2D eigenvalue weighted by Gasteiger charge is -2.21. The Bertz CT molecular complexity index is 563. The van der Waals surface area contributed by atoms with Crippen LogP contribution >= 0.6 is 11.6 Å². The number of hydrogen-bond donors (Lipinski definition) is 0. The fourth-order valence-electron chi connectivity index (χ4n) is 2.51. The van der Waals surface area contributed by atoms with Crippen molar-refractivity contribution in [3.05, 3.63) is 58.6 Å². The number of benzene rings is 2. The molecule has 1 aliphatic heterocycles. The minimum Gasteiger partial charge on any atom is -0.344 e. The molecule has 0 amide bonds. The van der Waals surface area contributed by atoms with E-state index < -0.39 is 0 Å². The van der Waals surface area contributed by atoms with Crippen molar-refractivity contribution in [3.8, 4) is 0 Å². The van der Waals surface area contributed by atoms with E-state index in [9.17, 15) is 0 Å². The van der Waals surface area contributed by atoms with Gasteiger partial charge in [0.25, 0.3) is 0 Å². The molecule has 1 heterocycles. The highest BCUT2D eigenvalue weighted by atomic mass is 35.5. The van der Waals surface area contributed by atoms with Gasteiger partial charge in [0.05, 0.1) is 0 Å². The number of fused-ring (bicyclic) bond motifs is 2. The first-order chi connectivity index (χ1) is 8.25. The van der Waals surface area contributed by atoms with Crippen LogP contribution in [0, 0.1) is 0 Å². The Morgan fingerprint density at radius 1 is 0.941 bits per heavy atom.